The molecule has 0 radical (unpaired) electrons. The molecule has 2 heterocycles. The largest absolute Gasteiger partial charge is 0.497 e. The Balaban J connectivity index is 1.35. The Kier molecular flexibility index (Phi) is 5.07. The van der Waals surface area contributed by atoms with Gasteiger partial charge in [-0.05, 0) is 42.8 Å². The average Bonchev–Trinajstić information content (AvgIpc) is 3.17. The molecule has 0 amide bonds. The van der Waals surface area contributed by atoms with Crippen LogP contribution in [-0.2, 0) is 6.54 Å². The Morgan fingerprint density at radius 1 is 0.963 bits per heavy atom. The van der Waals surface area contributed by atoms with Gasteiger partial charge in [-0.2, -0.15) is 0 Å². The molecular formula is C21H24N4O2. The van der Waals surface area contributed by atoms with Crippen molar-refractivity contribution in [1.29, 1.82) is 0 Å². The summed E-state index contributed by atoms with van der Waals surface area (Å²) in [7, 11) is 1.69. The number of hydrogen-bond donors (Lipinski definition) is 0. The maximum atomic E-state index is 5.90. The van der Waals surface area contributed by atoms with Crippen LogP contribution < -0.4 is 9.64 Å². The van der Waals surface area contributed by atoms with E-state index in [1.165, 1.54) is 5.69 Å². The van der Waals surface area contributed by atoms with Gasteiger partial charge in [0, 0.05) is 37.4 Å². The normalized spacial score (nSPS) is 15.1. The zero-order valence-corrected chi connectivity index (χ0v) is 15.8. The SMILES string of the molecule is COc1ccc(N2CCN(Cc3nnc(-c4ccccc4C)o3)CC2)cc1. The second-order valence-electron chi connectivity index (χ2n) is 6.78. The van der Waals surface area contributed by atoms with Crippen LogP contribution in [0.15, 0.2) is 52.9 Å². The molecule has 1 aliphatic heterocycles. The molecule has 4 rings (SSSR count). The highest BCUT2D eigenvalue weighted by Gasteiger charge is 2.20. The number of nitrogens with zero attached hydrogens (tertiary/aromatic N) is 4. The second-order valence-corrected chi connectivity index (χ2v) is 6.78. The van der Waals surface area contributed by atoms with Gasteiger partial charge in [0.2, 0.25) is 11.8 Å². The van der Waals surface area contributed by atoms with Crippen molar-refractivity contribution >= 4 is 5.69 Å². The Morgan fingerprint density at radius 3 is 2.41 bits per heavy atom. The zero-order chi connectivity index (χ0) is 18.6. The molecule has 140 valence electrons. The van der Waals surface area contributed by atoms with E-state index in [-0.39, 0.29) is 0 Å². The van der Waals surface area contributed by atoms with Crippen molar-refractivity contribution in [3.05, 3.63) is 60.0 Å². The number of benzene rings is 2. The van der Waals surface area contributed by atoms with Gasteiger partial charge in [0.05, 0.1) is 13.7 Å². The molecule has 0 saturated carbocycles. The summed E-state index contributed by atoms with van der Waals surface area (Å²) in [5.74, 6) is 2.16. The molecule has 1 aromatic heterocycles. The third-order valence-corrected chi connectivity index (χ3v) is 5.01. The van der Waals surface area contributed by atoms with E-state index in [0.29, 0.717) is 18.3 Å². The van der Waals surface area contributed by atoms with Crippen LogP contribution >= 0.6 is 0 Å². The fourth-order valence-corrected chi connectivity index (χ4v) is 3.39. The smallest absolute Gasteiger partial charge is 0.248 e. The van der Waals surface area contributed by atoms with Crippen LogP contribution in [0.5, 0.6) is 5.75 Å². The Morgan fingerprint density at radius 2 is 1.70 bits per heavy atom. The van der Waals surface area contributed by atoms with E-state index in [2.05, 4.69) is 45.1 Å². The molecule has 6 nitrogen and oxygen atoms in total. The number of methoxy groups -OCH3 is 1. The average molecular weight is 364 g/mol. The molecule has 0 atom stereocenters. The first-order valence-electron chi connectivity index (χ1n) is 9.22. The zero-order valence-electron chi connectivity index (χ0n) is 15.8. The number of aryl methyl sites for hydroxylation is 1. The summed E-state index contributed by atoms with van der Waals surface area (Å²) >= 11 is 0. The van der Waals surface area contributed by atoms with Gasteiger partial charge in [0.1, 0.15) is 5.75 Å². The fourth-order valence-electron chi connectivity index (χ4n) is 3.39. The molecule has 1 fully saturated rings. The van der Waals surface area contributed by atoms with Gasteiger partial charge in [0.15, 0.2) is 0 Å². The van der Waals surface area contributed by atoms with Crippen LogP contribution in [0.4, 0.5) is 5.69 Å². The molecule has 27 heavy (non-hydrogen) atoms. The van der Waals surface area contributed by atoms with Crippen molar-refractivity contribution in [3.63, 3.8) is 0 Å². The minimum atomic E-state index is 0.597. The summed E-state index contributed by atoms with van der Waals surface area (Å²) in [6.07, 6.45) is 0. The highest BCUT2D eigenvalue weighted by Crippen LogP contribution is 2.23. The molecule has 2 aromatic carbocycles. The molecule has 0 bridgehead atoms. The molecule has 3 aromatic rings. The van der Waals surface area contributed by atoms with Crippen LogP contribution in [0.3, 0.4) is 0 Å². The first-order valence-corrected chi connectivity index (χ1v) is 9.22. The number of ether oxygens (including phenoxy) is 1. The standard InChI is InChI=1S/C21H24N4O2/c1-16-5-3-4-6-19(16)21-23-22-20(27-21)15-24-11-13-25(14-12-24)17-7-9-18(26-2)10-8-17/h3-10H,11-15H2,1-2H3. The maximum absolute atomic E-state index is 5.90. The van der Waals surface area contributed by atoms with Crippen LogP contribution in [0.25, 0.3) is 11.5 Å². The highest BCUT2D eigenvalue weighted by molar-refractivity contribution is 5.57. The summed E-state index contributed by atoms with van der Waals surface area (Å²) in [5, 5.41) is 8.46. The van der Waals surface area contributed by atoms with Crippen molar-refractivity contribution in [2.75, 3.05) is 38.2 Å². The van der Waals surface area contributed by atoms with E-state index in [4.69, 9.17) is 9.15 Å². The van der Waals surface area contributed by atoms with Crippen LogP contribution in [0.2, 0.25) is 0 Å². The highest BCUT2D eigenvalue weighted by atomic mass is 16.5. The lowest BCUT2D eigenvalue weighted by Gasteiger charge is -2.35. The van der Waals surface area contributed by atoms with Crippen molar-refractivity contribution in [3.8, 4) is 17.2 Å². The Labute approximate surface area is 159 Å². The third kappa shape index (κ3) is 3.95. The summed E-state index contributed by atoms with van der Waals surface area (Å²) in [6.45, 7) is 6.63. The monoisotopic (exact) mass is 364 g/mol. The van der Waals surface area contributed by atoms with Gasteiger partial charge >= 0.3 is 0 Å². The predicted octanol–water partition coefficient (Wildman–Crippen LogP) is 3.38. The van der Waals surface area contributed by atoms with Crippen molar-refractivity contribution in [2.24, 2.45) is 0 Å². The fraction of sp³-hybridized carbons (Fsp3) is 0.333. The third-order valence-electron chi connectivity index (χ3n) is 5.01. The van der Waals surface area contributed by atoms with Gasteiger partial charge in [0.25, 0.3) is 0 Å². The van der Waals surface area contributed by atoms with Crippen LogP contribution in [0.1, 0.15) is 11.5 Å². The minimum Gasteiger partial charge on any atom is -0.497 e. The lowest BCUT2D eigenvalue weighted by atomic mass is 10.1. The lowest BCUT2D eigenvalue weighted by Crippen LogP contribution is -2.46. The second kappa shape index (κ2) is 7.80. The van der Waals surface area contributed by atoms with E-state index in [1.54, 1.807) is 7.11 Å². The van der Waals surface area contributed by atoms with E-state index in [0.717, 1.165) is 43.1 Å². The first kappa shape index (κ1) is 17.5. The number of rotatable bonds is 5. The van der Waals surface area contributed by atoms with Crippen LogP contribution in [0, 0.1) is 6.92 Å². The van der Waals surface area contributed by atoms with Gasteiger partial charge in [-0.3, -0.25) is 4.90 Å². The van der Waals surface area contributed by atoms with E-state index < -0.39 is 0 Å². The predicted molar refractivity (Wildman–Crippen MR) is 105 cm³/mol. The first-order chi connectivity index (χ1) is 13.2. The molecule has 1 saturated heterocycles. The Bertz CT molecular complexity index is 883. The van der Waals surface area contributed by atoms with Gasteiger partial charge in [-0.1, -0.05) is 18.2 Å². The van der Waals surface area contributed by atoms with Crippen molar-refractivity contribution in [1.82, 2.24) is 15.1 Å². The summed E-state index contributed by atoms with van der Waals surface area (Å²) in [5.41, 5.74) is 3.37. The quantitative estimate of drug-likeness (QED) is 0.692. The summed E-state index contributed by atoms with van der Waals surface area (Å²) in [4.78, 5) is 4.75. The topological polar surface area (TPSA) is 54.6 Å². The van der Waals surface area contributed by atoms with E-state index in [1.807, 2.05) is 30.3 Å². The van der Waals surface area contributed by atoms with Crippen LogP contribution in [-0.4, -0.2) is 48.4 Å². The number of aromatic nitrogens is 2. The molecule has 1 aliphatic rings. The van der Waals surface area contributed by atoms with E-state index >= 15 is 0 Å². The van der Waals surface area contributed by atoms with Gasteiger partial charge in [-0.15, -0.1) is 10.2 Å². The minimum absolute atomic E-state index is 0.597. The summed E-state index contributed by atoms with van der Waals surface area (Å²) < 4.78 is 11.1. The molecule has 0 N–H and O–H groups in total. The van der Waals surface area contributed by atoms with Crippen molar-refractivity contribution in [2.45, 2.75) is 13.5 Å². The summed E-state index contributed by atoms with van der Waals surface area (Å²) in [6, 6.07) is 16.3. The number of anilines is 1. The number of hydrogen-bond acceptors (Lipinski definition) is 6. The lowest BCUT2D eigenvalue weighted by molar-refractivity contribution is 0.227. The van der Waals surface area contributed by atoms with Gasteiger partial charge < -0.3 is 14.1 Å². The molecule has 0 unspecified atom stereocenters. The maximum Gasteiger partial charge on any atom is 0.248 e. The van der Waals surface area contributed by atoms with Crippen molar-refractivity contribution < 1.29 is 9.15 Å². The van der Waals surface area contributed by atoms with Gasteiger partial charge in [-0.25, -0.2) is 0 Å². The molecular weight excluding hydrogens is 340 g/mol. The number of piperazine rings is 1. The Hall–Kier alpha value is -2.86. The molecule has 6 heteroatoms. The molecule has 0 spiro atoms. The van der Waals surface area contributed by atoms with E-state index in [9.17, 15) is 0 Å². The molecule has 0 aliphatic carbocycles.